The molecule has 3 aromatic rings. The standard InChI is InChI=1S/C26H28N4OS/c1-20-7-5-6-10-24(20)25(31)28-26(32)27-22-11-13-23(14-12-22)30-17-15-29(16-18-30)19-21-8-3-2-4-9-21/h2-14H,15-19H2,1H3,(H2,27,28,31,32)/p+1. The molecule has 0 atom stereocenters. The number of benzene rings is 3. The molecule has 1 amide bonds. The fraction of sp³-hybridized carbons (Fsp3) is 0.231. The molecule has 1 heterocycles. The molecule has 0 radical (unpaired) electrons. The van der Waals surface area contributed by atoms with Crippen LogP contribution in [0.3, 0.4) is 0 Å². The number of quaternary nitrogens is 1. The lowest BCUT2D eigenvalue weighted by atomic mass is 10.1. The van der Waals surface area contributed by atoms with Gasteiger partial charge in [0.15, 0.2) is 5.11 Å². The summed E-state index contributed by atoms with van der Waals surface area (Å²) >= 11 is 5.32. The minimum absolute atomic E-state index is 0.201. The Morgan fingerprint density at radius 1 is 0.938 bits per heavy atom. The van der Waals surface area contributed by atoms with Crippen LogP contribution in [0.25, 0.3) is 0 Å². The average Bonchev–Trinajstić information content (AvgIpc) is 2.81. The Morgan fingerprint density at radius 2 is 1.59 bits per heavy atom. The van der Waals surface area contributed by atoms with Crippen molar-refractivity contribution in [1.82, 2.24) is 5.32 Å². The molecular weight excluding hydrogens is 416 g/mol. The maximum absolute atomic E-state index is 12.4. The predicted molar refractivity (Wildman–Crippen MR) is 134 cm³/mol. The van der Waals surface area contributed by atoms with Crippen molar-refractivity contribution >= 4 is 34.6 Å². The smallest absolute Gasteiger partial charge is 0.257 e. The number of hydrogen-bond donors (Lipinski definition) is 3. The first-order valence-corrected chi connectivity index (χ1v) is 11.4. The second-order valence-corrected chi connectivity index (χ2v) is 8.58. The molecule has 1 saturated heterocycles. The fourth-order valence-corrected chi connectivity index (χ4v) is 4.27. The van der Waals surface area contributed by atoms with Crippen LogP contribution in [-0.2, 0) is 6.54 Å². The highest BCUT2D eigenvalue weighted by molar-refractivity contribution is 7.80. The molecule has 4 rings (SSSR count). The van der Waals surface area contributed by atoms with Crippen molar-refractivity contribution in [2.24, 2.45) is 0 Å². The lowest BCUT2D eigenvalue weighted by Crippen LogP contribution is -3.13. The van der Waals surface area contributed by atoms with Gasteiger partial charge in [-0.25, -0.2) is 0 Å². The normalized spacial score (nSPS) is 14.1. The second kappa shape index (κ2) is 10.4. The first kappa shape index (κ1) is 22.0. The number of carbonyl (C=O) groups is 1. The third kappa shape index (κ3) is 5.72. The first-order chi connectivity index (χ1) is 15.6. The molecule has 1 fully saturated rings. The van der Waals surface area contributed by atoms with E-state index in [1.807, 2.05) is 37.3 Å². The van der Waals surface area contributed by atoms with Gasteiger partial charge in [0.05, 0.1) is 26.2 Å². The van der Waals surface area contributed by atoms with E-state index in [9.17, 15) is 4.79 Å². The molecule has 0 unspecified atom stereocenters. The number of nitrogens with zero attached hydrogens (tertiary/aromatic N) is 1. The van der Waals surface area contributed by atoms with Crippen LogP contribution in [0.5, 0.6) is 0 Å². The molecule has 5 nitrogen and oxygen atoms in total. The number of hydrogen-bond acceptors (Lipinski definition) is 3. The number of rotatable bonds is 5. The monoisotopic (exact) mass is 445 g/mol. The van der Waals surface area contributed by atoms with Crippen LogP contribution < -0.4 is 20.4 Å². The van der Waals surface area contributed by atoms with E-state index in [0.717, 1.165) is 44.0 Å². The summed E-state index contributed by atoms with van der Waals surface area (Å²) in [5.41, 5.74) is 5.02. The summed E-state index contributed by atoms with van der Waals surface area (Å²) in [5, 5.41) is 6.16. The molecule has 0 spiro atoms. The van der Waals surface area contributed by atoms with E-state index in [1.165, 1.54) is 11.3 Å². The lowest BCUT2D eigenvalue weighted by molar-refractivity contribution is -0.914. The average molecular weight is 446 g/mol. The number of aryl methyl sites for hydroxylation is 1. The molecule has 0 aliphatic carbocycles. The van der Waals surface area contributed by atoms with Gasteiger partial charge in [-0.15, -0.1) is 0 Å². The van der Waals surface area contributed by atoms with E-state index in [0.29, 0.717) is 10.7 Å². The van der Waals surface area contributed by atoms with Gasteiger partial charge in [0.2, 0.25) is 0 Å². The third-order valence-corrected chi connectivity index (χ3v) is 6.08. The summed E-state index contributed by atoms with van der Waals surface area (Å²) < 4.78 is 0. The molecular formula is C26H29N4OS+. The highest BCUT2D eigenvalue weighted by Crippen LogP contribution is 2.18. The van der Waals surface area contributed by atoms with Crippen LogP contribution in [0, 0.1) is 6.92 Å². The summed E-state index contributed by atoms with van der Waals surface area (Å²) in [4.78, 5) is 16.5. The highest BCUT2D eigenvalue weighted by Gasteiger charge is 2.20. The molecule has 0 bridgehead atoms. The van der Waals surface area contributed by atoms with Crippen molar-refractivity contribution in [2.75, 3.05) is 36.4 Å². The number of nitrogens with one attached hydrogen (secondary N) is 3. The van der Waals surface area contributed by atoms with Crippen LogP contribution in [0.1, 0.15) is 21.5 Å². The van der Waals surface area contributed by atoms with Crippen LogP contribution in [0.15, 0.2) is 78.9 Å². The van der Waals surface area contributed by atoms with Crippen molar-refractivity contribution in [3.05, 3.63) is 95.6 Å². The van der Waals surface area contributed by atoms with Gasteiger partial charge in [0.25, 0.3) is 5.91 Å². The minimum atomic E-state index is -0.201. The molecule has 0 saturated carbocycles. The van der Waals surface area contributed by atoms with Crippen molar-refractivity contribution < 1.29 is 9.69 Å². The summed E-state index contributed by atoms with van der Waals surface area (Å²) in [6.45, 7) is 7.34. The minimum Gasteiger partial charge on any atom is -0.360 e. The summed E-state index contributed by atoms with van der Waals surface area (Å²) in [7, 11) is 0. The Hall–Kier alpha value is -3.22. The number of anilines is 2. The van der Waals surface area contributed by atoms with Crippen molar-refractivity contribution in [3.8, 4) is 0 Å². The molecule has 1 aliphatic rings. The Morgan fingerprint density at radius 3 is 2.28 bits per heavy atom. The fourth-order valence-electron chi connectivity index (χ4n) is 4.06. The second-order valence-electron chi connectivity index (χ2n) is 8.17. The molecule has 1 aliphatic heterocycles. The Kier molecular flexibility index (Phi) is 7.14. The number of thiocarbonyl (C=S) groups is 1. The van der Waals surface area contributed by atoms with E-state index in [4.69, 9.17) is 12.2 Å². The van der Waals surface area contributed by atoms with Crippen LogP contribution >= 0.6 is 12.2 Å². The van der Waals surface area contributed by atoms with E-state index >= 15 is 0 Å². The topological polar surface area (TPSA) is 48.8 Å². The lowest BCUT2D eigenvalue weighted by Gasteiger charge is -2.33. The maximum atomic E-state index is 12.4. The van der Waals surface area contributed by atoms with Gasteiger partial charge in [-0.1, -0.05) is 48.5 Å². The predicted octanol–water partition coefficient (Wildman–Crippen LogP) is 3.03. The Bertz CT molecular complexity index is 1060. The van der Waals surface area contributed by atoms with Gasteiger partial charge in [-0.3, -0.25) is 10.1 Å². The van der Waals surface area contributed by atoms with Crippen molar-refractivity contribution in [3.63, 3.8) is 0 Å². The zero-order valence-corrected chi connectivity index (χ0v) is 19.1. The number of piperazine rings is 1. The molecule has 0 aromatic heterocycles. The third-order valence-electron chi connectivity index (χ3n) is 5.87. The number of carbonyl (C=O) groups excluding carboxylic acids is 1. The van der Waals surface area contributed by atoms with E-state index in [2.05, 4.69) is 58.0 Å². The van der Waals surface area contributed by atoms with Gasteiger partial charge >= 0.3 is 0 Å². The Balaban J connectivity index is 1.26. The summed E-state index contributed by atoms with van der Waals surface area (Å²) in [5.74, 6) is -0.201. The summed E-state index contributed by atoms with van der Waals surface area (Å²) in [6, 6.07) is 26.4. The van der Waals surface area contributed by atoms with Gasteiger partial charge in [0.1, 0.15) is 6.54 Å². The maximum Gasteiger partial charge on any atom is 0.257 e. The van der Waals surface area contributed by atoms with E-state index in [1.54, 1.807) is 11.0 Å². The molecule has 3 N–H and O–H groups in total. The zero-order valence-electron chi connectivity index (χ0n) is 18.3. The molecule has 32 heavy (non-hydrogen) atoms. The highest BCUT2D eigenvalue weighted by atomic mass is 32.1. The summed E-state index contributed by atoms with van der Waals surface area (Å²) in [6.07, 6.45) is 0. The molecule has 164 valence electrons. The quantitative estimate of drug-likeness (QED) is 0.529. The first-order valence-electron chi connectivity index (χ1n) is 11.0. The van der Waals surface area contributed by atoms with Gasteiger partial charge < -0.3 is 15.1 Å². The SMILES string of the molecule is Cc1ccccc1C(=O)NC(=S)Nc1ccc(N2CC[NH+](Cc3ccccc3)CC2)cc1. The van der Waals surface area contributed by atoms with Gasteiger partial charge in [-0.05, 0) is 55.0 Å². The van der Waals surface area contributed by atoms with Gasteiger partial charge in [0, 0.05) is 22.5 Å². The molecule has 6 heteroatoms. The zero-order chi connectivity index (χ0) is 22.3. The van der Waals surface area contributed by atoms with Crippen LogP contribution in [0.4, 0.5) is 11.4 Å². The number of amides is 1. The van der Waals surface area contributed by atoms with Crippen LogP contribution in [-0.4, -0.2) is 37.2 Å². The van der Waals surface area contributed by atoms with Gasteiger partial charge in [-0.2, -0.15) is 0 Å². The van der Waals surface area contributed by atoms with Crippen molar-refractivity contribution in [2.45, 2.75) is 13.5 Å². The molecule has 3 aromatic carbocycles. The van der Waals surface area contributed by atoms with Crippen LogP contribution in [0.2, 0.25) is 0 Å². The van der Waals surface area contributed by atoms with E-state index in [-0.39, 0.29) is 5.91 Å². The largest absolute Gasteiger partial charge is 0.360 e. The van der Waals surface area contributed by atoms with Crippen molar-refractivity contribution in [1.29, 1.82) is 0 Å². The Labute approximate surface area is 195 Å². The van der Waals surface area contributed by atoms with E-state index < -0.39 is 0 Å².